The highest BCUT2D eigenvalue weighted by atomic mass is 16.6. The molecule has 1 atom stereocenters. The molecule has 0 amide bonds. The molecule has 1 heterocycles. The van der Waals surface area contributed by atoms with Crippen LogP contribution in [0.4, 0.5) is 0 Å². The Labute approximate surface area is 58.3 Å². The lowest BCUT2D eigenvalue weighted by Gasteiger charge is -2.07. The van der Waals surface area contributed by atoms with E-state index in [2.05, 4.69) is 4.74 Å². The zero-order valence-electron chi connectivity index (χ0n) is 5.41. The molecule has 4 nitrogen and oxygen atoms in total. The van der Waals surface area contributed by atoms with Gasteiger partial charge < -0.3 is 15.6 Å². The van der Waals surface area contributed by atoms with Gasteiger partial charge in [0, 0.05) is 6.42 Å². The van der Waals surface area contributed by atoms with Gasteiger partial charge in [-0.3, -0.25) is 0 Å². The van der Waals surface area contributed by atoms with Crippen LogP contribution in [-0.4, -0.2) is 23.7 Å². The normalized spacial score (nSPS) is 24.3. The molecular formula is C6H9NO3. The summed E-state index contributed by atoms with van der Waals surface area (Å²) in [5.41, 5.74) is 5.19. The van der Waals surface area contributed by atoms with E-state index in [9.17, 15) is 4.79 Å². The largest absolute Gasteiger partial charge is 0.508 e. The maximum atomic E-state index is 10.4. The van der Waals surface area contributed by atoms with E-state index < -0.39 is 12.1 Å². The van der Waals surface area contributed by atoms with Crippen molar-refractivity contribution in [2.75, 3.05) is 6.54 Å². The number of ether oxygens (including phenoxy) is 1. The fourth-order valence-corrected chi connectivity index (χ4v) is 0.806. The molecule has 4 heteroatoms. The lowest BCUT2D eigenvalue weighted by atomic mass is 10.2. The van der Waals surface area contributed by atoms with Crippen LogP contribution in [-0.2, 0) is 9.53 Å². The standard InChI is InChI=1S/C6H9NO3/c7-2-1-5-4(8)3-6(9)10-5/h3,5,8H,1-2,7H2. The summed E-state index contributed by atoms with van der Waals surface area (Å²) >= 11 is 0. The fraction of sp³-hybridized carbons (Fsp3) is 0.500. The Morgan fingerprint density at radius 2 is 2.50 bits per heavy atom. The summed E-state index contributed by atoms with van der Waals surface area (Å²) in [7, 11) is 0. The van der Waals surface area contributed by atoms with Gasteiger partial charge in [0.25, 0.3) is 0 Å². The number of nitrogens with two attached hydrogens (primary N) is 1. The first kappa shape index (κ1) is 7.08. The van der Waals surface area contributed by atoms with Crippen molar-refractivity contribution >= 4 is 5.97 Å². The van der Waals surface area contributed by atoms with Crippen molar-refractivity contribution in [3.63, 3.8) is 0 Å². The van der Waals surface area contributed by atoms with Crippen molar-refractivity contribution in [1.29, 1.82) is 0 Å². The van der Waals surface area contributed by atoms with Crippen molar-refractivity contribution in [3.05, 3.63) is 11.8 Å². The van der Waals surface area contributed by atoms with Crippen LogP contribution in [0.3, 0.4) is 0 Å². The highest BCUT2D eigenvalue weighted by Gasteiger charge is 2.24. The van der Waals surface area contributed by atoms with E-state index in [1.54, 1.807) is 0 Å². The van der Waals surface area contributed by atoms with Crippen molar-refractivity contribution in [2.24, 2.45) is 5.73 Å². The highest BCUT2D eigenvalue weighted by Crippen LogP contribution is 2.14. The van der Waals surface area contributed by atoms with Gasteiger partial charge in [-0.1, -0.05) is 0 Å². The number of carbonyl (C=O) groups excluding carboxylic acids is 1. The van der Waals surface area contributed by atoms with Crippen molar-refractivity contribution < 1.29 is 14.6 Å². The third-order valence-electron chi connectivity index (χ3n) is 1.28. The first-order chi connectivity index (χ1) is 4.74. The van der Waals surface area contributed by atoms with Gasteiger partial charge in [0.05, 0.1) is 6.08 Å². The van der Waals surface area contributed by atoms with E-state index in [0.29, 0.717) is 13.0 Å². The zero-order chi connectivity index (χ0) is 7.56. The summed E-state index contributed by atoms with van der Waals surface area (Å²) < 4.78 is 4.65. The van der Waals surface area contributed by atoms with Crippen LogP contribution in [0, 0.1) is 0 Å². The molecule has 1 unspecified atom stereocenters. The van der Waals surface area contributed by atoms with Gasteiger partial charge in [0.2, 0.25) is 0 Å². The average molecular weight is 143 g/mol. The summed E-state index contributed by atoms with van der Waals surface area (Å²) in [6, 6.07) is 0. The van der Waals surface area contributed by atoms with Crippen molar-refractivity contribution in [3.8, 4) is 0 Å². The number of hydrogen-bond acceptors (Lipinski definition) is 4. The Morgan fingerprint density at radius 3 is 2.90 bits per heavy atom. The molecule has 3 N–H and O–H groups in total. The van der Waals surface area contributed by atoms with Crippen molar-refractivity contribution in [1.82, 2.24) is 0 Å². The van der Waals surface area contributed by atoms with Gasteiger partial charge in [-0.15, -0.1) is 0 Å². The highest BCUT2D eigenvalue weighted by molar-refractivity contribution is 5.85. The molecule has 0 aliphatic carbocycles. The number of rotatable bonds is 2. The summed E-state index contributed by atoms with van der Waals surface area (Å²) in [6.45, 7) is 0.399. The van der Waals surface area contributed by atoms with Crippen LogP contribution in [0.1, 0.15) is 6.42 Å². The van der Waals surface area contributed by atoms with Gasteiger partial charge in [0.15, 0.2) is 6.10 Å². The molecule has 0 fully saturated rings. The molecule has 1 aliphatic heterocycles. The topological polar surface area (TPSA) is 72.5 Å². The summed E-state index contributed by atoms with van der Waals surface area (Å²) in [5.74, 6) is -0.508. The Hall–Kier alpha value is -1.03. The van der Waals surface area contributed by atoms with E-state index in [1.807, 2.05) is 0 Å². The lowest BCUT2D eigenvalue weighted by Crippen LogP contribution is -2.16. The molecule has 56 valence electrons. The van der Waals surface area contributed by atoms with Crippen molar-refractivity contribution in [2.45, 2.75) is 12.5 Å². The molecule has 1 rings (SSSR count). The first-order valence-electron chi connectivity index (χ1n) is 3.05. The first-order valence-corrected chi connectivity index (χ1v) is 3.05. The Morgan fingerprint density at radius 1 is 1.80 bits per heavy atom. The SMILES string of the molecule is NCCC1OC(=O)C=C1O. The van der Waals surface area contributed by atoms with Crippen LogP contribution in [0.15, 0.2) is 11.8 Å². The Kier molecular flexibility index (Phi) is 1.91. The Balaban J connectivity index is 2.51. The fourth-order valence-electron chi connectivity index (χ4n) is 0.806. The molecule has 0 saturated heterocycles. The smallest absolute Gasteiger partial charge is 0.335 e. The van der Waals surface area contributed by atoms with E-state index in [4.69, 9.17) is 10.8 Å². The number of esters is 1. The number of aliphatic hydroxyl groups excluding tert-OH is 1. The average Bonchev–Trinajstić information content (AvgIpc) is 2.13. The van der Waals surface area contributed by atoms with Gasteiger partial charge in [0.1, 0.15) is 5.76 Å². The minimum atomic E-state index is -0.502. The molecule has 10 heavy (non-hydrogen) atoms. The number of hydrogen-bond donors (Lipinski definition) is 2. The molecule has 0 radical (unpaired) electrons. The second-order valence-corrected chi connectivity index (χ2v) is 2.07. The molecule has 0 aromatic rings. The molecule has 1 aliphatic rings. The molecule has 0 bridgehead atoms. The van der Waals surface area contributed by atoms with Gasteiger partial charge in [-0.2, -0.15) is 0 Å². The van der Waals surface area contributed by atoms with E-state index >= 15 is 0 Å². The number of cyclic esters (lactones) is 1. The van der Waals surface area contributed by atoms with Crippen LogP contribution in [0.2, 0.25) is 0 Å². The van der Waals surface area contributed by atoms with Crippen LogP contribution in [0.25, 0.3) is 0 Å². The van der Waals surface area contributed by atoms with Gasteiger partial charge >= 0.3 is 5.97 Å². The minimum absolute atomic E-state index is 0.0181. The van der Waals surface area contributed by atoms with E-state index in [1.165, 1.54) is 0 Å². The zero-order valence-corrected chi connectivity index (χ0v) is 5.41. The Bertz CT molecular complexity index is 176. The second kappa shape index (κ2) is 2.70. The molecule has 0 saturated carbocycles. The third kappa shape index (κ3) is 1.27. The monoisotopic (exact) mass is 143 g/mol. The number of carbonyl (C=O) groups is 1. The van der Waals surface area contributed by atoms with Crippen LogP contribution < -0.4 is 5.73 Å². The quantitative estimate of drug-likeness (QED) is 0.520. The molecule has 0 spiro atoms. The predicted molar refractivity (Wildman–Crippen MR) is 34.3 cm³/mol. The minimum Gasteiger partial charge on any atom is -0.508 e. The number of aliphatic hydroxyl groups is 1. The van der Waals surface area contributed by atoms with Gasteiger partial charge in [-0.05, 0) is 6.54 Å². The second-order valence-electron chi connectivity index (χ2n) is 2.07. The maximum absolute atomic E-state index is 10.4. The predicted octanol–water partition coefficient (Wildman–Crippen LogP) is -0.297. The molecule has 0 aromatic carbocycles. The lowest BCUT2D eigenvalue weighted by molar-refractivity contribution is -0.139. The molecular weight excluding hydrogens is 134 g/mol. The summed E-state index contributed by atoms with van der Waals surface area (Å²) in [5, 5.41) is 8.95. The van der Waals surface area contributed by atoms with E-state index in [0.717, 1.165) is 6.08 Å². The van der Waals surface area contributed by atoms with Crippen LogP contribution in [0.5, 0.6) is 0 Å². The van der Waals surface area contributed by atoms with Gasteiger partial charge in [-0.25, -0.2) is 4.79 Å². The summed E-state index contributed by atoms with van der Waals surface area (Å²) in [6.07, 6.45) is 1.05. The maximum Gasteiger partial charge on any atom is 0.335 e. The van der Waals surface area contributed by atoms with E-state index in [-0.39, 0.29) is 5.76 Å². The van der Waals surface area contributed by atoms with Crippen LogP contribution >= 0.6 is 0 Å². The summed E-state index contributed by atoms with van der Waals surface area (Å²) in [4.78, 5) is 10.4. The third-order valence-corrected chi connectivity index (χ3v) is 1.28. The molecule has 0 aromatic heterocycles.